The summed E-state index contributed by atoms with van der Waals surface area (Å²) in [4.78, 5) is 23.2. The van der Waals surface area contributed by atoms with Crippen molar-refractivity contribution in [1.82, 2.24) is 5.32 Å². The minimum Gasteiger partial charge on any atom is -0.468 e. The number of esters is 1. The van der Waals surface area contributed by atoms with Gasteiger partial charge in [-0.2, -0.15) is 0 Å². The molecule has 1 heterocycles. The number of rotatable bonds is 2. The molecule has 2 rings (SSSR count). The molecule has 1 aliphatic rings. The Morgan fingerprint density at radius 1 is 1.44 bits per heavy atom. The molecule has 1 aliphatic heterocycles. The third-order valence-corrected chi connectivity index (χ3v) is 3.35. The van der Waals surface area contributed by atoms with Crippen molar-refractivity contribution in [2.24, 2.45) is 5.92 Å². The van der Waals surface area contributed by atoms with Gasteiger partial charge in [-0.1, -0.05) is 23.7 Å². The molecule has 0 aromatic heterocycles. The highest BCUT2D eigenvalue weighted by atomic mass is 35.5. The van der Waals surface area contributed by atoms with E-state index in [0.717, 1.165) is 5.56 Å². The van der Waals surface area contributed by atoms with Crippen LogP contribution in [0.4, 0.5) is 0 Å². The van der Waals surface area contributed by atoms with Crippen LogP contribution in [0.2, 0.25) is 5.02 Å². The van der Waals surface area contributed by atoms with E-state index < -0.39 is 11.9 Å². The molecule has 1 N–H and O–H groups in total. The lowest BCUT2D eigenvalue weighted by Gasteiger charge is -2.28. The number of piperidine rings is 1. The monoisotopic (exact) mass is 267 g/mol. The number of carbonyl (C=O) groups excluding carboxylic acids is 2. The van der Waals surface area contributed by atoms with E-state index in [9.17, 15) is 9.59 Å². The van der Waals surface area contributed by atoms with Gasteiger partial charge < -0.3 is 10.1 Å². The van der Waals surface area contributed by atoms with Crippen molar-refractivity contribution < 1.29 is 14.3 Å². The summed E-state index contributed by atoms with van der Waals surface area (Å²) < 4.78 is 4.60. The number of benzene rings is 1. The van der Waals surface area contributed by atoms with Crippen LogP contribution in [0.3, 0.4) is 0 Å². The topological polar surface area (TPSA) is 55.4 Å². The average Bonchev–Trinajstić information content (AvgIpc) is 2.37. The zero-order valence-corrected chi connectivity index (χ0v) is 10.7. The Labute approximate surface area is 110 Å². The molecule has 1 aromatic rings. The van der Waals surface area contributed by atoms with E-state index in [1.54, 1.807) is 6.07 Å². The molecular formula is C13H14ClNO3. The maximum absolute atomic E-state index is 11.8. The Balaban J connectivity index is 2.09. The van der Waals surface area contributed by atoms with E-state index >= 15 is 0 Å². The predicted molar refractivity (Wildman–Crippen MR) is 67.1 cm³/mol. The fourth-order valence-electron chi connectivity index (χ4n) is 2.15. The first-order valence-electron chi connectivity index (χ1n) is 5.75. The second-order valence-corrected chi connectivity index (χ2v) is 4.71. The number of ether oxygens (including phenoxy) is 1. The first-order valence-corrected chi connectivity index (χ1v) is 6.13. The molecule has 4 nitrogen and oxygen atoms in total. The highest BCUT2D eigenvalue weighted by Gasteiger charge is 2.34. The van der Waals surface area contributed by atoms with Crippen LogP contribution in [0.1, 0.15) is 24.4 Å². The van der Waals surface area contributed by atoms with Gasteiger partial charge in [-0.3, -0.25) is 9.59 Å². The molecule has 2 atom stereocenters. The van der Waals surface area contributed by atoms with Crippen LogP contribution in [0.25, 0.3) is 0 Å². The van der Waals surface area contributed by atoms with Gasteiger partial charge in [0.2, 0.25) is 5.91 Å². The van der Waals surface area contributed by atoms with Crippen LogP contribution in [0, 0.1) is 5.92 Å². The number of halogens is 1. The third kappa shape index (κ3) is 2.64. The zero-order chi connectivity index (χ0) is 13.1. The molecule has 0 saturated carbocycles. The summed E-state index contributed by atoms with van der Waals surface area (Å²) in [6, 6.07) is 7.28. The van der Waals surface area contributed by atoms with Gasteiger partial charge in [-0.15, -0.1) is 0 Å². The third-order valence-electron chi connectivity index (χ3n) is 3.11. The fraction of sp³-hybridized carbons (Fsp3) is 0.385. The molecule has 2 unspecified atom stereocenters. The van der Waals surface area contributed by atoms with E-state index in [4.69, 9.17) is 11.6 Å². The molecule has 1 fully saturated rings. The largest absolute Gasteiger partial charge is 0.468 e. The molecule has 0 bridgehead atoms. The first kappa shape index (κ1) is 12.9. The van der Waals surface area contributed by atoms with Crippen molar-refractivity contribution >= 4 is 23.5 Å². The molecule has 0 aliphatic carbocycles. The van der Waals surface area contributed by atoms with Gasteiger partial charge in [-0.05, 0) is 30.5 Å². The molecule has 96 valence electrons. The Morgan fingerprint density at radius 2 is 2.22 bits per heavy atom. The molecular weight excluding hydrogens is 254 g/mol. The van der Waals surface area contributed by atoms with Crippen molar-refractivity contribution in [1.29, 1.82) is 0 Å². The van der Waals surface area contributed by atoms with Crippen molar-refractivity contribution in [3.63, 3.8) is 0 Å². The van der Waals surface area contributed by atoms with Gasteiger partial charge in [0.25, 0.3) is 0 Å². The van der Waals surface area contributed by atoms with Gasteiger partial charge in [0.05, 0.1) is 13.2 Å². The molecule has 0 spiro atoms. The van der Waals surface area contributed by atoms with Crippen molar-refractivity contribution in [2.45, 2.75) is 18.9 Å². The summed E-state index contributed by atoms with van der Waals surface area (Å²) >= 11 is 5.92. The summed E-state index contributed by atoms with van der Waals surface area (Å²) in [7, 11) is 1.29. The minimum atomic E-state index is -0.689. The lowest BCUT2D eigenvalue weighted by molar-refractivity contribution is -0.151. The van der Waals surface area contributed by atoms with Gasteiger partial charge in [0.15, 0.2) is 0 Å². The van der Waals surface area contributed by atoms with Crippen LogP contribution in [-0.4, -0.2) is 19.0 Å². The second-order valence-electron chi connectivity index (χ2n) is 4.27. The number of hydrogen-bond acceptors (Lipinski definition) is 3. The van der Waals surface area contributed by atoms with E-state index in [1.165, 1.54) is 7.11 Å². The smallest absolute Gasteiger partial charge is 0.318 e. The summed E-state index contributed by atoms with van der Waals surface area (Å²) in [6.45, 7) is 0. The Hall–Kier alpha value is -1.55. The van der Waals surface area contributed by atoms with Crippen molar-refractivity contribution in [2.75, 3.05) is 7.11 Å². The fourth-order valence-corrected chi connectivity index (χ4v) is 2.35. The lowest BCUT2D eigenvalue weighted by atomic mass is 9.90. The highest BCUT2D eigenvalue weighted by Crippen LogP contribution is 2.28. The minimum absolute atomic E-state index is 0.0860. The maximum atomic E-state index is 11.8. The second kappa shape index (κ2) is 5.40. The first-order chi connectivity index (χ1) is 8.61. The maximum Gasteiger partial charge on any atom is 0.318 e. The van der Waals surface area contributed by atoms with Crippen LogP contribution < -0.4 is 5.32 Å². The summed E-state index contributed by atoms with van der Waals surface area (Å²) in [5.74, 6) is -1.44. The highest BCUT2D eigenvalue weighted by molar-refractivity contribution is 6.30. The Kier molecular flexibility index (Phi) is 3.87. The number of carbonyl (C=O) groups is 2. The molecule has 5 heteroatoms. The van der Waals surface area contributed by atoms with Crippen molar-refractivity contribution in [3.05, 3.63) is 34.9 Å². The van der Waals surface area contributed by atoms with E-state index in [2.05, 4.69) is 10.1 Å². The molecule has 1 aromatic carbocycles. The predicted octanol–water partition coefficient (Wildman–Crippen LogP) is 2.08. The SMILES string of the molecule is COC(=O)C1CCC(c2cccc(Cl)c2)NC1=O. The summed E-state index contributed by atoms with van der Waals surface area (Å²) in [5.41, 5.74) is 0.958. The quantitative estimate of drug-likeness (QED) is 0.659. The van der Waals surface area contributed by atoms with E-state index in [-0.39, 0.29) is 11.9 Å². The number of hydrogen-bond donors (Lipinski definition) is 1. The summed E-state index contributed by atoms with van der Waals surface area (Å²) in [6.07, 6.45) is 1.20. The Bertz CT molecular complexity index is 475. The zero-order valence-electron chi connectivity index (χ0n) is 9.98. The van der Waals surface area contributed by atoms with Crippen LogP contribution in [-0.2, 0) is 14.3 Å². The van der Waals surface area contributed by atoms with Crippen LogP contribution >= 0.6 is 11.6 Å². The average molecular weight is 268 g/mol. The van der Waals surface area contributed by atoms with E-state index in [0.29, 0.717) is 17.9 Å². The van der Waals surface area contributed by atoms with Gasteiger partial charge in [0, 0.05) is 5.02 Å². The van der Waals surface area contributed by atoms with Gasteiger partial charge in [0.1, 0.15) is 5.92 Å². The number of amides is 1. The number of methoxy groups -OCH3 is 1. The standard InChI is InChI=1S/C13H14ClNO3/c1-18-13(17)10-5-6-11(15-12(10)16)8-3-2-4-9(14)7-8/h2-4,7,10-11H,5-6H2,1H3,(H,15,16). The van der Waals surface area contributed by atoms with Crippen LogP contribution in [0.15, 0.2) is 24.3 Å². The molecule has 18 heavy (non-hydrogen) atoms. The summed E-state index contributed by atoms with van der Waals surface area (Å²) in [5, 5.41) is 3.46. The Morgan fingerprint density at radius 3 is 2.83 bits per heavy atom. The number of nitrogens with one attached hydrogen (secondary N) is 1. The van der Waals surface area contributed by atoms with Gasteiger partial charge >= 0.3 is 5.97 Å². The lowest BCUT2D eigenvalue weighted by Crippen LogP contribution is -2.42. The van der Waals surface area contributed by atoms with Gasteiger partial charge in [-0.25, -0.2) is 0 Å². The van der Waals surface area contributed by atoms with E-state index in [1.807, 2.05) is 18.2 Å². The van der Waals surface area contributed by atoms with Crippen LogP contribution in [0.5, 0.6) is 0 Å². The molecule has 1 saturated heterocycles. The normalized spacial score (nSPS) is 23.3. The van der Waals surface area contributed by atoms with Crippen molar-refractivity contribution in [3.8, 4) is 0 Å². The molecule has 1 amide bonds. The molecule has 0 radical (unpaired) electrons.